The lowest BCUT2D eigenvalue weighted by atomic mass is 9.99. The fourth-order valence-corrected chi connectivity index (χ4v) is 4.89. The Morgan fingerprint density at radius 3 is 1.75 bits per heavy atom. The van der Waals surface area contributed by atoms with Crippen molar-refractivity contribution < 1.29 is 79.5 Å². The molecule has 2 aliphatic rings. The largest absolute Gasteiger partial charge is 0.508 e. The third kappa shape index (κ3) is 5.61. The number of phenols is 2. The first-order valence-electron chi connectivity index (χ1n) is 13.2. The normalized spacial score (nSPS) is 32.5. The van der Waals surface area contributed by atoms with Crippen LogP contribution < -0.4 is 14.9 Å². The van der Waals surface area contributed by atoms with Crippen LogP contribution in [0.25, 0.3) is 22.3 Å². The van der Waals surface area contributed by atoms with Crippen LogP contribution in [-0.2, 0) is 9.47 Å². The van der Waals surface area contributed by atoms with Crippen molar-refractivity contribution in [3.63, 3.8) is 0 Å². The van der Waals surface area contributed by atoms with Gasteiger partial charge in [-0.3, -0.25) is 4.79 Å². The van der Waals surface area contributed by atoms with E-state index in [1.165, 1.54) is 6.07 Å². The summed E-state index contributed by atoms with van der Waals surface area (Å²) in [4.78, 5) is 13.3. The zero-order chi connectivity index (χ0) is 32.0. The summed E-state index contributed by atoms with van der Waals surface area (Å²) in [5, 5.41) is 110. The molecule has 10 atom stereocenters. The molecule has 17 heteroatoms. The van der Waals surface area contributed by atoms with Gasteiger partial charge in [0.1, 0.15) is 71.3 Å². The summed E-state index contributed by atoms with van der Waals surface area (Å²) in [6, 6.07) is 5.34. The molecule has 0 bridgehead atoms. The van der Waals surface area contributed by atoms with Crippen LogP contribution in [0, 0.1) is 0 Å². The first-order valence-corrected chi connectivity index (χ1v) is 13.2. The molecule has 11 N–H and O–H groups in total. The SMILES string of the molecule is O=c1c(O)c(-c2ccc(O[C@@H]3O[C@@H](CO)[C@@H](O)[C@@H](O)[C@H]3O)c(O)c2)oc2cc(O)cc(O[C@@H]3O[C@@H](CO)[C@@H](O)[C@@H](O)[C@H]3O)c12. The lowest BCUT2D eigenvalue weighted by molar-refractivity contribution is -0.277. The molecule has 0 saturated carbocycles. The summed E-state index contributed by atoms with van der Waals surface area (Å²) in [5.74, 6) is -3.29. The number of ether oxygens (including phenoxy) is 4. The molecule has 1 aromatic heterocycles. The van der Waals surface area contributed by atoms with Crippen LogP contribution in [0.15, 0.2) is 39.5 Å². The number of phenolic OH excluding ortho intramolecular Hbond substituents is 2. The van der Waals surface area contributed by atoms with E-state index in [2.05, 4.69) is 0 Å². The number of aromatic hydroxyl groups is 3. The van der Waals surface area contributed by atoms with Gasteiger partial charge < -0.3 is 79.5 Å². The van der Waals surface area contributed by atoms with Crippen molar-refractivity contribution in [2.24, 2.45) is 0 Å². The molecule has 0 aliphatic carbocycles. The summed E-state index contributed by atoms with van der Waals surface area (Å²) in [5.41, 5.74) is -1.48. The molecule has 2 aromatic carbocycles. The van der Waals surface area contributed by atoms with Crippen LogP contribution in [0.5, 0.6) is 28.7 Å². The maximum absolute atomic E-state index is 13.3. The molecular formula is C27H30O17. The van der Waals surface area contributed by atoms with Gasteiger partial charge in [0.25, 0.3) is 0 Å². The lowest BCUT2D eigenvalue weighted by Gasteiger charge is -2.39. The Bertz CT molecular complexity index is 1550. The lowest BCUT2D eigenvalue weighted by Crippen LogP contribution is -2.60. The van der Waals surface area contributed by atoms with Crippen LogP contribution in [0.3, 0.4) is 0 Å². The van der Waals surface area contributed by atoms with Gasteiger partial charge >= 0.3 is 0 Å². The summed E-state index contributed by atoms with van der Waals surface area (Å²) in [7, 11) is 0. The summed E-state index contributed by atoms with van der Waals surface area (Å²) < 4.78 is 27.1. The van der Waals surface area contributed by atoms with E-state index in [1.54, 1.807) is 0 Å². The highest BCUT2D eigenvalue weighted by Crippen LogP contribution is 2.40. The zero-order valence-electron chi connectivity index (χ0n) is 22.4. The van der Waals surface area contributed by atoms with Gasteiger partial charge in [-0.1, -0.05) is 0 Å². The van der Waals surface area contributed by atoms with E-state index in [-0.39, 0.29) is 16.9 Å². The minimum Gasteiger partial charge on any atom is -0.508 e. The van der Waals surface area contributed by atoms with E-state index in [0.29, 0.717) is 0 Å². The van der Waals surface area contributed by atoms with Gasteiger partial charge in [-0.25, -0.2) is 0 Å². The molecule has 2 saturated heterocycles. The standard InChI is InChI=1S/C27H30O17/c28-6-14-17(32)20(35)23(38)26(43-14)41-11-2-1-8(3-10(11)31)25-22(37)19(34)16-12(40-25)4-9(30)5-13(16)42-27-24(39)21(36)18(33)15(7-29)44-27/h1-5,14-15,17-18,20-21,23-24,26-33,35-39H,6-7H2/t14-,15-,17+,18+,20+,21+,23+,24+,26+,27+/m0/s1. The molecule has 0 spiro atoms. The number of rotatable bonds is 7. The predicted molar refractivity (Wildman–Crippen MR) is 142 cm³/mol. The van der Waals surface area contributed by atoms with E-state index < -0.39 is 114 Å². The Morgan fingerprint density at radius 2 is 1.23 bits per heavy atom. The second kappa shape index (κ2) is 12.3. The molecule has 5 rings (SSSR count). The molecule has 3 heterocycles. The number of aliphatic hydroxyl groups is 8. The van der Waals surface area contributed by atoms with Gasteiger partial charge in [0.2, 0.25) is 23.8 Å². The first-order chi connectivity index (χ1) is 20.9. The average Bonchev–Trinajstić information content (AvgIpc) is 3.00. The molecule has 0 radical (unpaired) electrons. The minimum absolute atomic E-state index is 0.0695. The number of hydrogen-bond donors (Lipinski definition) is 11. The molecular weight excluding hydrogens is 596 g/mol. The Labute approximate surface area is 246 Å². The van der Waals surface area contributed by atoms with Crippen LogP contribution in [-0.4, -0.2) is 131 Å². The van der Waals surface area contributed by atoms with E-state index in [9.17, 15) is 61.0 Å². The number of hydrogen-bond acceptors (Lipinski definition) is 17. The highest BCUT2D eigenvalue weighted by atomic mass is 16.7. The number of benzene rings is 2. The van der Waals surface area contributed by atoms with Crippen molar-refractivity contribution in [3.05, 3.63) is 40.6 Å². The van der Waals surface area contributed by atoms with E-state index in [4.69, 9.17) is 23.4 Å². The Hall–Kier alpha value is -3.75. The average molecular weight is 627 g/mol. The van der Waals surface area contributed by atoms with Crippen molar-refractivity contribution >= 4 is 11.0 Å². The fourth-order valence-electron chi connectivity index (χ4n) is 4.89. The maximum atomic E-state index is 13.3. The Balaban J connectivity index is 1.46. The third-order valence-electron chi connectivity index (χ3n) is 7.32. The van der Waals surface area contributed by atoms with E-state index in [1.807, 2.05) is 0 Å². The van der Waals surface area contributed by atoms with E-state index >= 15 is 0 Å². The molecule has 2 fully saturated rings. The zero-order valence-corrected chi connectivity index (χ0v) is 22.4. The highest BCUT2D eigenvalue weighted by Gasteiger charge is 2.46. The minimum atomic E-state index is -1.85. The van der Waals surface area contributed by atoms with Crippen molar-refractivity contribution in [2.75, 3.05) is 13.2 Å². The monoisotopic (exact) mass is 626 g/mol. The van der Waals surface area contributed by atoms with Gasteiger partial charge in [0, 0.05) is 17.7 Å². The Morgan fingerprint density at radius 1 is 0.682 bits per heavy atom. The van der Waals surface area contributed by atoms with E-state index in [0.717, 1.165) is 24.3 Å². The molecule has 17 nitrogen and oxygen atoms in total. The van der Waals surface area contributed by atoms with Gasteiger partial charge in [0.15, 0.2) is 17.3 Å². The second-order valence-corrected chi connectivity index (χ2v) is 10.2. The summed E-state index contributed by atoms with van der Waals surface area (Å²) in [6.07, 6.45) is -16.4. The highest BCUT2D eigenvalue weighted by molar-refractivity contribution is 5.88. The second-order valence-electron chi connectivity index (χ2n) is 10.2. The molecule has 3 aromatic rings. The fraction of sp³-hybridized carbons (Fsp3) is 0.444. The molecule has 44 heavy (non-hydrogen) atoms. The molecule has 0 unspecified atom stereocenters. The van der Waals surface area contributed by atoms with Gasteiger partial charge in [0.05, 0.1) is 13.2 Å². The van der Waals surface area contributed by atoms with Crippen molar-refractivity contribution in [2.45, 2.75) is 61.4 Å². The van der Waals surface area contributed by atoms with Crippen molar-refractivity contribution in [3.8, 4) is 40.1 Å². The topological polar surface area (TPSA) is 290 Å². The third-order valence-corrected chi connectivity index (χ3v) is 7.32. The predicted octanol–water partition coefficient (Wildman–Crippen LogP) is -3.07. The van der Waals surface area contributed by atoms with Crippen molar-refractivity contribution in [1.29, 1.82) is 0 Å². The van der Waals surface area contributed by atoms with Gasteiger partial charge in [-0.2, -0.15) is 0 Å². The van der Waals surface area contributed by atoms with Crippen LogP contribution >= 0.6 is 0 Å². The molecule has 0 amide bonds. The number of aliphatic hydroxyl groups excluding tert-OH is 8. The van der Waals surface area contributed by atoms with Crippen LogP contribution in [0.4, 0.5) is 0 Å². The molecule has 240 valence electrons. The summed E-state index contributed by atoms with van der Waals surface area (Å²) >= 11 is 0. The van der Waals surface area contributed by atoms with Crippen LogP contribution in [0.2, 0.25) is 0 Å². The maximum Gasteiger partial charge on any atom is 0.238 e. The van der Waals surface area contributed by atoms with Gasteiger partial charge in [-0.15, -0.1) is 0 Å². The van der Waals surface area contributed by atoms with Crippen LogP contribution in [0.1, 0.15) is 0 Å². The first kappa shape index (κ1) is 31.7. The summed E-state index contributed by atoms with van der Waals surface area (Å²) in [6.45, 7) is -1.46. The van der Waals surface area contributed by atoms with Gasteiger partial charge in [-0.05, 0) is 18.2 Å². The molecule has 2 aliphatic heterocycles. The number of fused-ring (bicyclic) bond motifs is 1. The Kier molecular flexibility index (Phi) is 8.87. The quantitative estimate of drug-likeness (QED) is 0.124. The van der Waals surface area contributed by atoms with Crippen molar-refractivity contribution in [1.82, 2.24) is 0 Å². The smallest absolute Gasteiger partial charge is 0.238 e.